The van der Waals surface area contributed by atoms with Gasteiger partial charge in [-0.3, -0.25) is 4.79 Å². The van der Waals surface area contributed by atoms with E-state index in [-0.39, 0.29) is 29.8 Å². The maximum atomic E-state index is 14.6. The van der Waals surface area contributed by atoms with Gasteiger partial charge >= 0.3 is 6.18 Å². The minimum absolute atomic E-state index is 0.0676. The number of hydrogen-bond acceptors (Lipinski definition) is 6. The number of ether oxygens (including phenoxy) is 2. The summed E-state index contributed by atoms with van der Waals surface area (Å²) in [7, 11) is 0. The molecule has 4 aliphatic rings. The summed E-state index contributed by atoms with van der Waals surface area (Å²) in [6.07, 6.45) is -3.04. The highest BCUT2D eigenvalue weighted by molar-refractivity contribution is 6.03. The molecule has 2 saturated carbocycles. The molecule has 2 aromatic rings. The highest BCUT2D eigenvalue weighted by Gasteiger charge is 2.47. The standard InChI is InChI=1S/C24H24F5N3O4/c25-16-6-14(7-17(26)21(16)35-15-4-12-3-13(12)5-15)30-22(33)20-18(8-24(27,28)29)36-23(31-20)32-9-11-1-2-34-19(11)10-32/h6-7,11-13,15,19H,1-5,8-10H2,(H,30,33)/t11?,12-,13?,15+,19?/m1/s1. The Hall–Kier alpha value is -2.89. The van der Waals surface area contributed by atoms with Crippen molar-refractivity contribution in [2.75, 3.05) is 29.9 Å². The Bertz CT molecular complexity index is 1140. The highest BCUT2D eigenvalue weighted by atomic mass is 19.4. The minimum atomic E-state index is -4.66. The topological polar surface area (TPSA) is 76.8 Å². The van der Waals surface area contributed by atoms with Gasteiger partial charge in [0.2, 0.25) is 0 Å². The van der Waals surface area contributed by atoms with Crippen molar-refractivity contribution < 1.29 is 40.6 Å². The fraction of sp³-hybridized carbons (Fsp3) is 0.583. The van der Waals surface area contributed by atoms with Crippen LogP contribution in [0.15, 0.2) is 16.5 Å². The van der Waals surface area contributed by atoms with Crippen molar-refractivity contribution in [2.45, 2.75) is 50.5 Å². The minimum Gasteiger partial charge on any atom is -0.484 e. The van der Waals surface area contributed by atoms with Crippen LogP contribution in [0.4, 0.5) is 33.7 Å². The monoisotopic (exact) mass is 513 g/mol. The Kier molecular flexibility index (Phi) is 5.62. The number of aromatic nitrogens is 1. The molecular weight excluding hydrogens is 489 g/mol. The van der Waals surface area contributed by atoms with Crippen LogP contribution >= 0.6 is 0 Å². The average molecular weight is 513 g/mol. The van der Waals surface area contributed by atoms with Gasteiger partial charge < -0.3 is 24.1 Å². The van der Waals surface area contributed by atoms with Crippen LogP contribution in [-0.4, -0.2) is 49.0 Å². The largest absolute Gasteiger partial charge is 0.484 e. The average Bonchev–Trinajstić information content (AvgIpc) is 3.22. The molecular formula is C24H24F5N3O4. The molecule has 1 amide bonds. The number of nitrogens with one attached hydrogen (secondary N) is 1. The number of carbonyl (C=O) groups is 1. The molecule has 194 valence electrons. The van der Waals surface area contributed by atoms with Crippen LogP contribution in [-0.2, 0) is 11.2 Å². The van der Waals surface area contributed by atoms with Crippen molar-refractivity contribution in [1.29, 1.82) is 0 Å². The molecule has 2 aliphatic carbocycles. The summed E-state index contributed by atoms with van der Waals surface area (Å²) in [4.78, 5) is 18.5. The first kappa shape index (κ1) is 23.5. The Morgan fingerprint density at radius 1 is 1.11 bits per heavy atom. The molecule has 3 unspecified atom stereocenters. The summed E-state index contributed by atoms with van der Waals surface area (Å²) in [5.41, 5.74) is -0.866. The van der Waals surface area contributed by atoms with Gasteiger partial charge in [0.05, 0.1) is 12.2 Å². The number of anilines is 2. The van der Waals surface area contributed by atoms with Gasteiger partial charge in [-0.05, 0) is 37.5 Å². The number of hydrogen-bond donors (Lipinski definition) is 1. The van der Waals surface area contributed by atoms with Crippen molar-refractivity contribution in [3.63, 3.8) is 0 Å². The zero-order chi connectivity index (χ0) is 25.2. The number of oxazole rings is 1. The Balaban J connectivity index is 1.20. The molecule has 6 rings (SSSR count). The van der Waals surface area contributed by atoms with E-state index in [0.717, 1.165) is 37.8 Å². The van der Waals surface area contributed by atoms with Crippen LogP contribution in [0.5, 0.6) is 5.75 Å². The maximum absolute atomic E-state index is 14.6. The molecule has 2 aliphatic heterocycles. The number of rotatable bonds is 6. The van der Waals surface area contributed by atoms with Crippen LogP contribution in [0.2, 0.25) is 0 Å². The second kappa shape index (κ2) is 8.60. The van der Waals surface area contributed by atoms with Gasteiger partial charge in [-0.1, -0.05) is 0 Å². The fourth-order valence-corrected chi connectivity index (χ4v) is 5.65. The van der Waals surface area contributed by atoms with Gasteiger partial charge in [-0.25, -0.2) is 8.78 Å². The lowest BCUT2D eigenvalue weighted by molar-refractivity contribution is -0.130. The predicted molar refractivity (Wildman–Crippen MR) is 116 cm³/mol. The van der Waals surface area contributed by atoms with E-state index >= 15 is 0 Å². The summed E-state index contributed by atoms with van der Waals surface area (Å²) in [5.74, 6) is -2.95. The zero-order valence-electron chi connectivity index (χ0n) is 19.1. The van der Waals surface area contributed by atoms with E-state index < -0.39 is 47.3 Å². The highest BCUT2D eigenvalue weighted by Crippen LogP contribution is 2.52. The molecule has 1 aromatic heterocycles. The molecule has 12 heteroatoms. The first-order valence-electron chi connectivity index (χ1n) is 12.0. The molecule has 1 aromatic carbocycles. The summed E-state index contributed by atoms with van der Waals surface area (Å²) in [6.45, 7) is 1.50. The fourth-order valence-electron chi connectivity index (χ4n) is 5.65. The Labute approximate surface area is 202 Å². The molecule has 1 N–H and O–H groups in total. The summed E-state index contributed by atoms with van der Waals surface area (Å²) in [6, 6.07) is 1.62. The van der Waals surface area contributed by atoms with Gasteiger partial charge in [0.1, 0.15) is 12.2 Å². The molecule has 36 heavy (non-hydrogen) atoms. The predicted octanol–water partition coefficient (Wildman–Crippen LogP) is 4.71. The van der Waals surface area contributed by atoms with Gasteiger partial charge in [-0.15, -0.1) is 0 Å². The molecule has 0 bridgehead atoms. The van der Waals surface area contributed by atoms with Gasteiger partial charge in [0, 0.05) is 43.4 Å². The van der Waals surface area contributed by atoms with Crippen molar-refractivity contribution in [1.82, 2.24) is 4.98 Å². The molecule has 5 atom stereocenters. The summed E-state index contributed by atoms with van der Waals surface area (Å²) in [5, 5.41) is 2.24. The first-order valence-corrected chi connectivity index (χ1v) is 12.0. The second-order valence-corrected chi connectivity index (χ2v) is 10.1. The normalized spacial score (nSPS) is 28.8. The van der Waals surface area contributed by atoms with E-state index in [1.807, 2.05) is 0 Å². The van der Waals surface area contributed by atoms with E-state index in [1.54, 1.807) is 4.90 Å². The van der Waals surface area contributed by atoms with Crippen LogP contribution < -0.4 is 15.0 Å². The molecule has 7 nitrogen and oxygen atoms in total. The smallest absolute Gasteiger partial charge is 0.396 e. The summed E-state index contributed by atoms with van der Waals surface area (Å²) < 4.78 is 85.2. The third-order valence-electron chi connectivity index (χ3n) is 7.48. The third-order valence-corrected chi connectivity index (χ3v) is 7.48. The Morgan fingerprint density at radius 2 is 1.83 bits per heavy atom. The van der Waals surface area contributed by atoms with E-state index in [2.05, 4.69) is 10.3 Å². The SMILES string of the molecule is O=C(Nc1cc(F)c(O[C@@H]2CC3C[C@@H]3C2)c(F)c1)c1nc(N2CC3CCOC3C2)oc1CC(F)(F)F. The van der Waals surface area contributed by atoms with Crippen LogP contribution in [0.25, 0.3) is 0 Å². The third kappa shape index (κ3) is 4.62. The van der Waals surface area contributed by atoms with Crippen molar-refractivity contribution in [3.8, 4) is 5.75 Å². The van der Waals surface area contributed by atoms with Gasteiger partial charge in [0.25, 0.3) is 11.9 Å². The van der Waals surface area contributed by atoms with Gasteiger partial charge in [-0.2, -0.15) is 18.2 Å². The molecule has 3 heterocycles. The van der Waals surface area contributed by atoms with Crippen LogP contribution in [0.3, 0.4) is 0 Å². The Morgan fingerprint density at radius 3 is 2.50 bits per heavy atom. The lowest BCUT2D eigenvalue weighted by Crippen LogP contribution is -2.23. The molecule has 2 saturated heterocycles. The van der Waals surface area contributed by atoms with Crippen LogP contribution in [0.1, 0.15) is 41.9 Å². The number of fused-ring (bicyclic) bond motifs is 2. The van der Waals surface area contributed by atoms with E-state index in [9.17, 15) is 26.7 Å². The number of nitrogens with zero attached hydrogens (tertiary/aromatic N) is 2. The van der Waals surface area contributed by atoms with Gasteiger partial charge in [0.15, 0.2) is 23.1 Å². The lowest BCUT2D eigenvalue weighted by atomic mass is 10.1. The number of amides is 1. The molecule has 0 radical (unpaired) electrons. The van der Waals surface area contributed by atoms with E-state index in [0.29, 0.717) is 31.5 Å². The zero-order valence-corrected chi connectivity index (χ0v) is 19.1. The van der Waals surface area contributed by atoms with E-state index in [1.165, 1.54) is 0 Å². The quantitative estimate of drug-likeness (QED) is 0.564. The van der Waals surface area contributed by atoms with Crippen molar-refractivity contribution in [3.05, 3.63) is 35.2 Å². The number of alkyl halides is 3. The number of halogens is 5. The van der Waals surface area contributed by atoms with E-state index in [4.69, 9.17) is 13.9 Å². The number of carbonyl (C=O) groups excluding carboxylic acids is 1. The van der Waals surface area contributed by atoms with Crippen molar-refractivity contribution in [2.24, 2.45) is 17.8 Å². The molecule has 0 spiro atoms. The molecule has 4 fully saturated rings. The maximum Gasteiger partial charge on any atom is 0.396 e. The second-order valence-electron chi connectivity index (χ2n) is 10.1. The van der Waals surface area contributed by atoms with Crippen LogP contribution in [0, 0.1) is 29.4 Å². The first-order chi connectivity index (χ1) is 17.1. The lowest BCUT2D eigenvalue weighted by Gasteiger charge is -2.17. The summed E-state index contributed by atoms with van der Waals surface area (Å²) >= 11 is 0. The number of benzene rings is 1. The van der Waals surface area contributed by atoms with Crippen molar-refractivity contribution >= 4 is 17.6 Å².